The molecule has 30 heavy (non-hydrogen) atoms. The van der Waals surface area contributed by atoms with Gasteiger partial charge in [0.1, 0.15) is 5.75 Å². The number of carboxylic acids is 1. The molecule has 4 nitrogen and oxygen atoms in total. The summed E-state index contributed by atoms with van der Waals surface area (Å²) in [5, 5.41) is 20.0. The number of aliphatic carboxylic acids is 1. The van der Waals surface area contributed by atoms with E-state index in [0.717, 1.165) is 26.8 Å². The summed E-state index contributed by atoms with van der Waals surface area (Å²) in [7, 11) is 0. The molecule has 0 amide bonds. The number of carbonyl (C=O) groups excluding carboxylic acids is 1. The first-order chi connectivity index (χ1) is 14.5. The van der Waals surface area contributed by atoms with E-state index in [0.29, 0.717) is 16.9 Å². The Balaban J connectivity index is 1.61. The third kappa shape index (κ3) is 3.17. The van der Waals surface area contributed by atoms with Crippen molar-refractivity contribution in [3.8, 4) is 16.9 Å². The zero-order chi connectivity index (χ0) is 20.8. The highest BCUT2D eigenvalue weighted by Gasteiger charge is 2.44. The first-order valence-corrected chi connectivity index (χ1v) is 10.5. The van der Waals surface area contributed by atoms with Crippen LogP contribution in [0.25, 0.3) is 21.2 Å². The molecule has 3 aromatic carbocycles. The van der Waals surface area contributed by atoms with Crippen LogP contribution in [0.5, 0.6) is 5.75 Å². The third-order valence-electron chi connectivity index (χ3n) is 5.65. The van der Waals surface area contributed by atoms with Crippen LogP contribution in [0, 0.1) is 5.92 Å². The number of carboxylic acid groups (broad SMARTS) is 1. The van der Waals surface area contributed by atoms with Gasteiger partial charge >= 0.3 is 5.97 Å². The number of aromatic hydroxyl groups is 1. The minimum Gasteiger partial charge on any atom is -0.508 e. The monoisotopic (exact) mass is 414 g/mol. The van der Waals surface area contributed by atoms with E-state index < -0.39 is 5.97 Å². The number of hydrogen-bond donors (Lipinski definition) is 2. The van der Waals surface area contributed by atoms with Gasteiger partial charge in [0.25, 0.3) is 0 Å². The summed E-state index contributed by atoms with van der Waals surface area (Å²) in [4.78, 5) is 25.1. The summed E-state index contributed by atoms with van der Waals surface area (Å²) < 4.78 is 0.849. The Morgan fingerprint density at radius 1 is 0.933 bits per heavy atom. The Morgan fingerprint density at radius 3 is 2.33 bits per heavy atom. The predicted octanol–water partition coefficient (Wildman–Crippen LogP) is 5.69. The van der Waals surface area contributed by atoms with Crippen LogP contribution >= 0.6 is 11.3 Å². The summed E-state index contributed by atoms with van der Waals surface area (Å²) in [5.41, 5.74) is 3.39. The van der Waals surface area contributed by atoms with Crippen molar-refractivity contribution < 1.29 is 19.8 Å². The average Bonchev–Trinajstić information content (AvgIpc) is 3.49. The van der Waals surface area contributed by atoms with Crippen LogP contribution in [0.2, 0.25) is 0 Å². The lowest BCUT2D eigenvalue weighted by atomic mass is 9.96. The maximum atomic E-state index is 13.3. The fourth-order valence-corrected chi connectivity index (χ4v) is 5.21. The molecule has 2 unspecified atom stereocenters. The van der Waals surface area contributed by atoms with E-state index in [4.69, 9.17) is 0 Å². The second-order valence-electron chi connectivity index (χ2n) is 7.59. The molecule has 5 rings (SSSR count). The van der Waals surface area contributed by atoms with Crippen molar-refractivity contribution >= 4 is 33.2 Å². The van der Waals surface area contributed by atoms with Gasteiger partial charge in [-0.15, -0.1) is 11.3 Å². The van der Waals surface area contributed by atoms with E-state index in [1.54, 1.807) is 24.3 Å². The van der Waals surface area contributed by atoms with Gasteiger partial charge in [0, 0.05) is 21.2 Å². The molecule has 0 bridgehead atoms. The maximum absolute atomic E-state index is 13.3. The number of hydrogen-bond acceptors (Lipinski definition) is 4. The minimum atomic E-state index is -0.747. The molecule has 1 fully saturated rings. The van der Waals surface area contributed by atoms with Crippen molar-refractivity contribution in [1.29, 1.82) is 0 Å². The van der Waals surface area contributed by atoms with Gasteiger partial charge in [-0.25, -0.2) is 0 Å². The largest absolute Gasteiger partial charge is 0.508 e. The van der Waals surface area contributed by atoms with Gasteiger partial charge in [0.2, 0.25) is 5.78 Å². The number of carbonyl (C=O) groups is 2. The summed E-state index contributed by atoms with van der Waals surface area (Å²) >= 11 is 1.38. The first-order valence-electron chi connectivity index (χ1n) is 9.71. The van der Waals surface area contributed by atoms with Crippen molar-refractivity contribution in [2.45, 2.75) is 12.3 Å². The molecule has 4 aromatic rings. The van der Waals surface area contributed by atoms with E-state index in [-0.39, 0.29) is 23.4 Å². The van der Waals surface area contributed by atoms with Gasteiger partial charge in [0.15, 0.2) is 0 Å². The van der Waals surface area contributed by atoms with Crippen LogP contribution < -0.4 is 0 Å². The Morgan fingerprint density at radius 2 is 1.67 bits per heavy atom. The molecule has 5 heteroatoms. The second kappa shape index (κ2) is 7.11. The average molecular weight is 414 g/mol. The first kappa shape index (κ1) is 18.6. The van der Waals surface area contributed by atoms with Crippen LogP contribution in [-0.2, 0) is 4.79 Å². The summed E-state index contributed by atoms with van der Waals surface area (Å²) in [6.07, 6.45) is 0.674. The van der Waals surface area contributed by atoms with Gasteiger partial charge in [0.05, 0.1) is 10.8 Å². The minimum absolute atomic E-state index is 0.0523. The highest BCUT2D eigenvalue weighted by atomic mass is 32.1. The highest BCUT2D eigenvalue weighted by Crippen LogP contribution is 2.48. The molecule has 148 valence electrons. The molecule has 1 aliphatic rings. The number of thiophene rings is 1. The zero-order valence-corrected chi connectivity index (χ0v) is 16.7. The van der Waals surface area contributed by atoms with Crippen molar-refractivity contribution in [3.05, 3.63) is 88.8 Å². The van der Waals surface area contributed by atoms with Gasteiger partial charge < -0.3 is 10.2 Å². The fourth-order valence-electron chi connectivity index (χ4n) is 3.99. The van der Waals surface area contributed by atoms with Crippen LogP contribution in [0.15, 0.2) is 72.8 Å². The lowest BCUT2D eigenvalue weighted by Gasteiger charge is -2.07. The van der Waals surface area contributed by atoms with Crippen molar-refractivity contribution in [2.24, 2.45) is 5.92 Å². The quantitative estimate of drug-likeness (QED) is 0.411. The smallest absolute Gasteiger partial charge is 0.307 e. The maximum Gasteiger partial charge on any atom is 0.307 e. The Bertz CT molecular complexity index is 1270. The molecule has 0 aliphatic heterocycles. The topological polar surface area (TPSA) is 74.6 Å². The van der Waals surface area contributed by atoms with Crippen LogP contribution in [0.1, 0.15) is 33.1 Å². The summed E-state index contributed by atoms with van der Waals surface area (Å²) in [5.74, 6) is -0.862. The van der Waals surface area contributed by atoms with E-state index in [9.17, 15) is 19.8 Å². The molecule has 1 saturated carbocycles. The molecule has 2 atom stereocenters. The van der Waals surface area contributed by atoms with Gasteiger partial charge in [-0.2, -0.15) is 0 Å². The Kier molecular flexibility index (Phi) is 4.40. The SMILES string of the molecule is O=C(c1ccccc1)c1sc2cc(O)ccc2c1-c1ccc(C2CC2C(=O)O)cc1. The van der Waals surface area contributed by atoms with Crippen molar-refractivity contribution in [2.75, 3.05) is 0 Å². The molecule has 1 heterocycles. The van der Waals surface area contributed by atoms with Crippen LogP contribution in [-0.4, -0.2) is 22.0 Å². The summed E-state index contributed by atoms with van der Waals surface area (Å²) in [6.45, 7) is 0. The number of rotatable bonds is 5. The van der Waals surface area contributed by atoms with Crippen molar-refractivity contribution in [3.63, 3.8) is 0 Å². The predicted molar refractivity (Wildman–Crippen MR) is 117 cm³/mol. The van der Waals surface area contributed by atoms with E-state index in [1.807, 2.05) is 48.5 Å². The highest BCUT2D eigenvalue weighted by molar-refractivity contribution is 7.21. The number of phenolic OH excluding ortho intramolecular Hbond substituents is 1. The van der Waals surface area contributed by atoms with Crippen LogP contribution in [0.4, 0.5) is 0 Å². The second-order valence-corrected chi connectivity index (χ2v) is 8.64. The number of ketones is 1. The molecular weight excluding hydrogens is 396 g/mol. The number of fused-ring (bicyclic) bond motifs is 1. The van der Waals surface area contributed by atoms with E-state index >= 15 is 0 Å². The zero-order valence-electron chi connectivity index (χ0n) is 15.9. The van der Waals surface area contributed by atoms with Gasteiger partial charge in [-0.1, -0.05) is 54.6 Å². The van der Waals surface area contributed by atoms with E-state index in [1.165, 1.54) is 11.3 Å². The lowest BCUT2D eigenvalue weighted by Crippen LogP contribution is -2.00. The molecule has 2 N–H and O–H groups in total. The van der Waals surface area contributed by atoms with E-state index in [2.05, 4.69) is 0 Å². The molecule has 1 aromatic heterocycles. The standard InChI is InChI=1S/C25H18O4S/c26-17-10-11-18-21(12-17)30-24(23(27)16-4-2-1-3-5-16)22(18)15-8-6-14(7-9-15)19-13-20(19)25(28)29/h1-12,19-20,26H,13H2,(H,28,29). The summed E-state index contributed by atoms with van der Waals surface area (Å²) in [6, 6.07) is 22.2. The van der Waals surface area contributed by atoms with Gasteiger partial charge in [-0.3, -0.25) is 9.59 Å². The normalized spacial score (nSPS) is 17.7. The molecule has 1 aliphatic carbocycles. The molecule has 0 radical (unpaired) electrons. The molecule has 0 spiro atoms. The third-order valence-corrected chi connectivity index (χ3v) is 6.80. The number of phenols is 1. The van der Waals surface area contributed by atoms with Gasteiger partial charge in [-0.05, 0) is 41.7 Å². The lowest BCUT2D eigenvalue weighted by molar-refractivity contribution is -0.138. The fraction of sp³-hybridized carbons (Fsp3) is 0.120. The Hall–Kier alpha value is -3.44. The van der Waals surface area contributed by atoms with Crippen molar-refractivity contribution in [1.82, 2.24) is 0 Å². The molecular formula is C25H18O4S. The number of benzene rings is 3. The van der Waals surface area contributed by atoms with Crippen LogP contribution in [0.3, 0.4) is 0 Å². The Labute approximate surface area is 177 Å². The molecule has 0 saturated heterocycles.